The third kappa shape index (κ3) is 3.69. The van der Waals surface area contributed by atoms with Gasteiger partial charge >= 0.3 is 0 Å². The molecule has 0 aromatic heterocycles. The normalized spacial score (nSPS) is 23.1. The van der Waals surface area contributed by atoms with Crippen LogP contribution in [0.5, 0.6) is 5.75 Å². The summed E-state index contributed by atoms with van der Waals surface area (Å²) in [7, 11) is 0. The van der Waals surface area contributed by atoms with Gasteiger partial charge in [0.15, 0.2) is 0 Å². The number of nitrogens with two attached hydrogens (primary N) is 1. The van der Waals surface area contributed by atoms with Gasteiger partial charge in [0.1, 0.15) is 10.7 Å². The van der Waals surface area contributed by atoms with Crippen molar-refractivity contribution in [1.82, 2.24) is 0 Å². The highest BCUT2D eigenvalue weighted by atomic mass is 32.1. The van der Waals surface area contributed by atoms with E-state index in [-0.39, 0.29) is 0 Å². The summed E-state index contributed by atoms with van der Waals surface area (Å²) in [4.78, 5) is 0.418. The molecule has 1 aliphatic carbocycles. The van der Waals surface area contributed by atoms with Crippen molar-refractivity contribution >= 4 is 17.2 Å². The average Bonchev–Trinajstić information content (AvgIpc) is 2.41. The molecule has 2 rings (SSSR count). The van der Waals surface area contributed by atoms with Crippen LogP contribution in [0.15, 0.2) is 18.2 Å². The van der Waals surface area contributed by atoms with Crippen LogP contribution in [-0.2, 0) is 0 Å². The van der Waals surface area contributed by atoms with E-state index in [9.17, 15) is 0 Å². The van der Waals surface area contributed by atoms with Crippen LogP contribution in [0.1, 0.15) is 50.2 Å². The maximum atomic E-state index is 6.17. The Morgan fingerprint density at radius 3 is 2.89 bits per heavy atom. The Hall–Kier alpha value is -1.09. The largest absolute Gasteiger partial charge is 0.490 e. The summed E-state index contributed by atoms with van der Waals surface area (Å²) in [5.41, 5.74) is 7.82. The molecule has 1 aromatic carbocycles. The Bertz CT molecular complexity index is 458. The van der Waals surface area contributed by atoms with Crippen molar-refractivity contribution in [2.75, 3.05) is 0 Å². The monoisotopic (exact) mass is 277 g/mol. The summed E-state index contributed by atoms with van der Waals surface area (Å²) in [5.74, 6) is 1.65. The molecule has 0 aliphatic heterocycles. The summed E-state index contributed by atoms with van der Waals surface area (Å²) >= 11 is 5.12. The summed E-state index contributed by atoms with van der Waals surface area (Å²) in [6, 6.07) is 6.06. The van der Waals surface area contributed by atoms with E-state index in [2.05, 4.69) is 13.0 Å². The molecule has 1 aliphatic rings. The average molecular weight is 277 g/mol. The van der Waals surface area contributed by atoms with E-state index >= 15 is 0 Å². The van der Waals surface area contributed by atoms with Gasteiger partial charge in [-0.25, -0.2) is 0 Å². The predicted molar refractivity (Wildman–Crippen MR) is 83.7 cm³/mol. The number of rotatable bonds is 4. The number of hydrogen-bond donors (Lipinski definition) is 1. The van der Waals surface area contributed by atoms with Crippen molar-refractivity contribution in [3.05, 3.63) is 29.3 Å². The minimum Gasteiger partial charge on any atom is -0.490 e. The topological polar surface area (TPSA) is 35.2 Å². The van der Waals surface area contributed by atoms with E-state index in [0.717, 1.165) is 35.6 Å². The fourth-order valence-electron chi connectivity index (χ4n) is 2.84. The molecule has 2 unspecified atom stereocenters. The predicted octanol–water partition coefficient (Wildman–Crippen LogP) is 3.98. The van der Waals surface area contributed by atoms with Crippen molar-refractivity contribution in [2.45, 2.75) is 52.1 Å². The van der Waals surface area contributed by atoms with Gasteiger partial charge < -0.3 is 10.5 Å². The van der Waals surface area contributed by atoms with Gasteiger partial charge in [0, 0.05) is 0 Å². The van der Waals surface area contributed by atoms with E-state index in [0.29, 0.717) is 11.1 Å². The highest BCUT2D eigenvalue weighted by molar-refractivity contribution is 7.80. The zero-order valence-electron chi connectivity index (χ0n) is 11.8. The lowest BCUT2D eigenvalue weighted by atomic mass is 9.85. The van der Waals surface area contributed by atoms with Gasteiger partial charge in [-0.2, -0.15) is 0 Å². The molecular weight excluding hydrogens is 254 g/mol. The van der Waals surface area contributed by atoms with Crippen LogP contribution >= 0.6 is 12.2 Å². The fraction of sp³-hybridized carbons (Fsp3) is 0.562. The molecule has 104 valence electrons. The maximum absolute atomic E-state index is 6.17. The van der Waals surface area contributed by atoms with Crippen LogP contribution in [0.2, 0.25) is 0 Å². The Labute approximate surface area is 121 Å². The second kappa shape index (κ2) is 6.38. The molecule has 2 nitrogen and oxygen atoms in total. The van der Waals surface area contributed by atoms with Gasteiger partial charge in [-0.3, -0.25) is 0 Å². The number of benzene rings is 1. The summed E-state index contributed by atoms with van der Waals surface area (Å²) in [6.07, 6.45) is 6.46. The van der Waals surface area contributed by atoms with E-state index < -0.39 is 0 Å². The Morgan fingerprint density at radius 1 is 1.42 bits per heavy atom. The van der Waals surface area contributed by atoms with Crippen LogP contribution in [0.25, 0.3) is 0 Å². The van der Waals surface area contributed by atoms with Gasteiger partial charge in [-0.1, -0.05) is 43.6 Å². The maximum Gasteiger partial charge on any atom is 0.129 e. The van der Waals surface area contributed by atoms with Crippen LogP contribution < -0.4 is 10.5 Å². The molecule has 0 radical (unpaired) electrons. The molecule has 1 saturated carbocycles. The van der Waals surface area contributed by atoms with Crippen LogP contribution in [0.4, 0.5) is 0 Å². The van der Waals surface area contributed by atoms with Crippen molar-refractivity contribution < 1.29 is 4.74 Å². The summed E-state index contributed by atoms with van der Waals surface area (Å²) < 4.78 is 6.17. The molecule has 0 heterocycles. The highest BCUT2D eigenvalue weighted by Crippen LogP contribution is 2.31. The van der Waals surface area contributed by atoms with E-state index in [4.69, 9.17) is 22.7 Å². The van der Waals surface area contributed by atoms with Gasteiger partial charge in [0.05, 0.1) is 11.7 Å². The SMILES string of the molecule is CCC1CCCC(Oc2ccc(C)cc2C(N)=S)C1. The zero-order chi connectivity index (χ0) is 13.8. The number of thiocarbonyl (C=S) groups is 1. The molecular formula is C16H23NOS. The molecule has 0 saturated heterocycles. The molecule has 1 fully saturated rings. The Balaban J connectivity index is 2.12. The fourth-order valence-corrected chi connectivity index (χ4v) is 3.00. The van der Waals surface area contributed by atoms with Crippen LogP contribution in [0, 0.1) is 12.8 Å². The molecule has 0 amide bonds. The van der Waals surface area contributed by atoms with Crippen LogP contribution in [0.3, 0.4) is 0 Å². The molecule has 19 heavy (non-hydrogen) atoms. The first kappa shape index (κ1) is 14.3. The minimum absolute atomic E-state index is 0.314. The molecule has 2 atom stereocenters. The van der Waals surface area contributed by atoms with Crippen molar-refractivity contribution in [2.24, 2.45) is 11.7 Å². The molecule has 0 bridgehead atoms. The van der Waals surface area contributed by atoms with Crippen molar-refractivity contribution in [3.63, 3.8) is 0 Å². The number of aryl methyl sites for hydroxylation is 1. The van der Waals surface area contributed by atoms with E-state index in [1.54, 1.807) is 0 Å². The summed E-state index contributed by atoms with van der Waals surface area (Å²) in [5, 5.41) is 0. The molecule has 3 heteroatoms. The number of ether oxygens (including phenoxy) is 1. The first-order valence-electron chi connectivity index (χ1n) is 7.17. The first-order chi connectivity index (χ1) is 9.10. The quantitative estimate of drug-likeness (QED) is 0.846. The summed E-state index contributed by atoms with van der Waals surface area (Å²) in [6.45, 7) is 4.30. The minimum atomic E-state index is 0.314. The standard InChI is InChI=1S/C16H23NOS/c1-3-12-5-4-6-13(10-12)18-15-8-7-11(2)9-14(15)16(17)19/h7-9,12-13H,3-6,10H2,1-2H3,(H2,17,19). The lowest BCUT2D eigenvalue weighted by Gasteiger charge is -2.29. The second-order valence-corrected chi connectivity index (χ2v) is 5.98. The third-order valence-electron chi connectivity index (χ3n) is 4.01. The van der Waals surface area contributed by atoms with E-state index in [1.807, 2.05) is 19.1 Å². The lowest BCUT2D eigenvalue weighted by Crippen LogP contribution is -2.26. The highest BCUT2D eigenvalue weighted by Gasteiger charge is 2.23. The third-order valence-corrected chi connectivity index (χ3v) is 4.23. The van der Waals surface area contributed by atoms with Crippen molar-refractivity contribution in [1.29, 1.82) is 0 Å². The number of hydrogen-bond acceptors (Lipinski definition) is 2. The first-order valence-corrected chi connectivity index (χ1v) is 7.58. The van der Waals surface area contributed by atoms with Crippen molar-refractivity contribution in [3.8, 4) is 5.75 Å². The van der Waals surface area contributed by atoms with E-state index in [1.165, 1.54) is 19.3 Å². The smallest absolute Gasteiger partial charge is 0.129 e. The lowest BCUT2D eigenvalue weighted by molar-refractivity contribution is 0.122. The molecule has 0 spiro atoms. The van der Waals surface area contributed by atoms with Gasteiger partial charge in [0.2, 0.25) is 0 Å². The Morgan fingerprint density at radius 2 is 2.21 bits per heavy atom. The van der Waals surface area contributed by atoms with Crippen LogP contribution in [-0.4, -0.2) is 11.1 Å². The Kier molecular flexibility index (Phi) is 4.81. The second-order valence-electron chi connectivity index (χ2n) is 5.54. The van der Waals surface area contributed by atoms with Gasteiger partial charge in [-0.05, 0) is 44.2 Å². The van der Waals surface area contributed by atoms with Gasteiger partial charge in [0.25, 0.3) is 0 Å². The molecule has 2 N–H and O–H groups in total. The molecule has 1 aromatic rings. The zero-order valence-corrected chi connectivity index (χ0v) is 12.6. The van der Waals surface area contributed by atoms with Gasteiger partial charge in [-0.15, -0.1) is 0 Å².